The quantitative estimate of drug-likeness (QED) is 0.889. The molecule has 2 aliphatic rings. The van der Waals surface area contributed by atoms with E-state index in [0.717, 1.165) is 24.2 Å². The van der Waals surface area contributed by atoms with Crippen LogP contribution in [0.3, 0.4) is 0 Å². The van der Waals surface area contributed by atoms with Crippen LogP contribution < -0.4 is 10.1 Å². The fourth-order valence-electron chi connectivity index (χ4n) is 3.14. The van der Waals surface area contributed by atoms with Crippen LogP contribution in [-0.2, 0) is 16.1 Å². The van der Waals surface area contributed by atoms with E-state index in [-0.39, 0.29) is 18.0 Å². The minimum absolute atomic E-state index is 0.0655. The summed E-state index contributed by atoms with van der Waals surface area (Å²) in [4.78, 5) is 28.2. The average molecular weight is 347 g/mol. The molecule has 1 N–H and O–H groups in total. The highest BCUT2D eigenvalue weighted by Crippen LogP contribution is 2.16. The van der Waals surface area contributed by atoms with Crippen LogP contribution in [0.15, 0.2) is 24.3 Å². The van der Waals surface area contributed by atoms with Crippen LogP contribution in [-0.4, -0.2) is 67.7 Å². The normalized spacial score (nSPS) is 20.4. The Morgan fingerprint density at radius 3 is 2.44 bits per heavy atom. The first-order chi connectivity index (χ1) is 12.2. The number of ether oxygens (including phenoxy) is 2. The zero-order valence-electron chi connectivity index (χ0n) is 14.6. The third-order valence-electron chi connectivity index (χ3n) is 4.69. The number of piperazine rings is 1. The largest absolute Gasteiger partial charge is 0.497 e. The van der Waals surface area contributed by atoms with Crippen molar-refractivity contribution in [3.63, 3.8) is 0 Å². The number of carbonyl (C=O) groups excluding carboxylic acids is 2. The van der Waals surface area contributed by atoms with E-state index >= 15 is 0 Å². The number of amides is 3. The molecule has 0 radical (unpaired) electrons. The Hall–Kier alpha value is -2.28. The Morgan fingerprint density at radius 1 is 1.16 bits per heavy atom. The van der Waals surface area contributed by atoms with Gasteiger partial charge in [-0.2, -0.15) is 0 Å². The molecule has 1 aromatic carbocycles. The van der Waals surface area contributed by atoms with Crippen molar-refractivity contribution < 1.29 is 19.1 Å². The van der Waals surface area contributed by atoms with Crippen LogP contribution >= 0.6 is 0 Å². The monoisotopic (exact) mass is 347 g/mol. The smallest absolute Gasteiger partial charge is 0.317 e. The number of urea groups is 1. The summed E-state index contributed by atoms with van der Waals surface area (Å²) in [6.45, 7) is 3.37. The standard InChI is InChI=1S/C18H25N3O4/c1-24-15-6-4-14(5-7-15)13-19-18(23)21-10-8-20(9-11-21)17(22)16-3-2-12-25-16/h4-7,16H,2-3,8-13H2,1H3,(H,19,23). The minimum Gasteiger partial charge on any atom is -0.497 e. The lowest BCUT2D eigenvalue weighted by molar-refractivity contribution is -0.142. The first-order valence-corrected chi connectivity index (χ1v) is 8.73. The third-order valence-corrected chi connectivity index (χ3v) is 4.69. The van der Waals surface area contributed by atoms with Crippen LogP contribution in [0.2, 0.25) is 0 Å². The maximum absolute atomic E-state index is 12.3. The van der Waals surface area contributed by atoms with Crippen molar-refractivity contribution in [2.75, 3.05) is 39.9 Å². The van der Waals surface area contributed by atoms with Gasteiger partial charge in [0.1, 0.15) is 11.9 Å². The number of methoxy groups -OCH3 is 1. The van der Waals surface area contributed by atoms with E-state index in [9.17, 15) is 9.59 Å². The van der Waals surface area contributed by atoms with Gasteiger partial charge < -0.3 is 24.6 Å². The number of hydrogen-bond donors (Lipinski definition) is 1. The van der Waals surface area contributed by atoms with E-state index < -0.39 is 0 Å². The molecule has 0 aromatic heterocycles. The summed E-state index contributed by atoms with van der Waals surface area (Å²) in [7, 11) is 1.63. The van der Waals surface area contributed by atoms with Crippen molar-refractivity contribution >= 4 is 11.9 Å². The molecule has 136 valence electrons. The molecule has 2 aliphatic heterocycles. The summed E-state index contributed by atoms with van der Waals surface area (Å²) < 4.78 is 10.6. The molecule has 0 aliphatic carbocycles. The number of nitrogens with one attached hydrogen (secondary N) is 1. The van der Waals surface area contributed by atoms with Crippen molar-refractivity contribution in [3.8, 4) is 5.75 Å². The zero-order chi connectivity index (χ0) is 17.6. The van der Waals surface area contributed by atoms with Gasteiger partial charge in [0.25, 0.3) is 5.91 Å². The van der Waals surface area contributed by atoms with Crippen molar-refractivity contribution in [1.29, 1.82) is 0 Å². The highest BCUT2D eigenvalue weighted by Gasteiger charge is 2.31. The molecule has 2 fully saturated rings. The van der Waals surface area contributed by atoms with E-state index in [0.29, 0.717) is 39.3 Å². The summed E-state index contributed by atoms with van der Waals surface area (Å²) in [5.74, 6) is 0.859. The summed E-state index contributed by atoms with van der Waals surface area (Å²) in [6, 6.07) is 7.50. The molecule has 1 atom stereocenters. The van der Waals surface area contributed by atoms with Gasteiger partial charge >= 0.3 is 6.03 Å². The predicted octanol–water partition coefficient (Wildman–Crippen LogP) is 1.23. The number of benzene rings is 1. The van der Waals surface area contributed by atoms with Crippen molar-refractivity contribution in [3.05, 3.63) is 29.8 Å². The lowest BCUT2D eigenvalue weighted by atomic mass is 10.2. The molecule has 7 nitrogen and oxygen atoms in total. The van der Waals surface area contributed by atoms with Crippen LogP contribution in [0.5, 0.6) is 5.75 Å². The van der Waals surface area contributed by atoms with Gasteiger partial charge in [-0.15, -0.1) is 0 Å². The second-order valence-electron chi connectivity index (χ2n) is 6.32. The number of rotatable bonds is 4. The van der Waals surface area contributed by atoms with Gasteiger partial charge in [-0.05, 0) is 30.5 Å². The molecular weight excluding hydrogens is 322 g/mol. The van der Waals surface area contributed by atoms with Gasteiger partial charge in [-0.1, -0.05) is 12.1 Å². The van der Waals surface area contributed by atoms with Gasteiger partial charge in [0.2, 0.25) is 0 Å². The van der Waals surface area contributed by atoms with Gasteiger partial charge in [0, 0.05) is 39.3 Å². The SMILES string of the molecule is COc1ccc(CNC(=O)N2CCN(C(=O)C3CCCO3)CC2)cc1. The third kappa shape index (κ3) is 4.42. The highest BCUT2D eigenvalue weighted by atomic mass is 16.5. The van der Waals surface area contributed by atoms with Crippen LogP contribution in [0.25, 0.3) is 0 Å². The number of carbonyl (C=O) groups is 2. The van der Waals surface area contributed by atoms with Crippen molar-refractivity contribution in [1.82, 2.24) is 15.1 Å². The first kappa shape index (κ1) is 17.5. The van der Waals surface area contributed by atoms with Crippen molar-refractivity contribution in [2.45, 2.75) is 25.5 Å². The van der Waals surface area contributed by atoms with Gasteiger partial charge in [0.05, 0.1) is 7.11 Å². The molecule has 2 saturated heterocycles. The zero-order valence-corrected chi connectivity index (χ0v) is 14.6. The van der Waals surface area contributed by atoms with E-state index in [1.165, 1.54) is 0 Å². The van der Waals surface area contributed by atoms with Crippen LogP contribution in [0, 0.1) is 0 Å². The molecule has 2 heterocycles. The molecule has 1 aromatic rings. The molecule has 0 saturated carbocycles. The van der Waals surface area contributed by atoms with Crippen LogP contribution in [0.1, 0.15) is 18.4 Å². The lowest BCUT2D eigenvalue weighted by Crippen LogP contribution is -2.54. The topological polar surface area (TPSA) is 71.1 Å². The summed E-state index contributed by atoms with van der Waals surface area (Å²) in [5.41, 5.74) is 1.02. The Kier molecular flexibility index (Phi) is 5.75. The molecule has 25 heavy (non-hydrogen) atoms. The fourth-order valence-corrected chi connectivity index (χ4v) is 3.14. The van der Waals surface area contributed by atoms with Crippen LogP contribution in [0.4, 0.5) is 4.79 Å². The highest BCUT2D eigenvalue weighted by molar-refractivity contribution is 5.81. The predicted molar refractivity (Wildman–Crippen MR) is 92.4 cm³/mol. The number of nitrogens with zero attached hydrogens (tertiary/aromatic N) is 2. The van der Waals surface area contributed by atoms with E-state index in [1.54, 1.807) is 12.0 Å². The fraction of sp³-hybridized carbons (Fsp3) is 0.556. The summed E-state index contributed by atoms with van der Waals surface area (Å²) in [6.07, 6.45) is 1.47. The molecule has 1 unspecified atom stereocenters. The summed E-state index contributed by atoms with van der Waals surface area (Å²) in [5, 5.41) is 2.92. The maximum atomic E-state index is 12.3. The summed E-state index contributed by atoms with van der Waals surface area (Å²) >= 11 is 0. The van der Waals surface area contributed by atoms with Crippen molar-refractivity contribution in [2.24, 2.45) is 0 Å². The van der Waals surface area contributed by atoms with Gasteiger partial charge in [0.15, 0.2) is 0 Å². The average Bonchev–Trinajstić information content (AvgIpc) is 3.21. The second-order valence-corrected chi connectivity index (χ2v) is 6.32. The molecule has 7 heteroatoms. The molecule has 0 spiro atoms. The minimum atomic E-state index is -0.282. The maximum Gasteiger partial charge on any atom is 0.317 e. The molecule has 3 rings (SSSR count). The Morgan fingerprint density at radius 2 is 1.84 bits per heavy atom. The Labute approximate surface area is 147 Å². The Balaban J connectivity index is 1.42. The van der Waals surface area contributed by atoms with Gasteiger partial charge in [-0.3, -0.25) is 4.79 Å². The Bertz CT molecular complexity index is 591. The first-order valence-electron chi connectivity index (χ1n) is 8.73. The molecule has 3 amide bonds. The van der Waals surface area contributed by atoms with E-state index in [4.69, 9.17) is 9.47 Å². The second kappa shape index (κ2) is 8.20. The number of hydrogen-bond acceptors (Lipinski definition) is 4. The lowest BCUT2D eigenvalue weighted by Gasteiger charge is -2.35. The van der Waals surface area contributed by atoms with Gasteiger partial charge in [-0.25, -0.2) is 4.79 Å². The van der Waals surface area contributed by atoms with E-state index in [2.05, 4.69) is 5.32 Å². The molecular formula is C18H25N3O4. The van der Waals surface area contributed by atoms with E-state index in [1.807, 2.05) is 29.2 Å². The molecule has 0 bridgehead atoms.